The fourth-order valence-electron chi connectivity index (χ4n) is 2.55. The molecule has 21 heavy (non-hydrogen) atoms. The number of anilines is 1. The van der Waals surface area contributed by atoms with Gasteiger partial charge in [-0.25, -0.2) is 4.68 Å². The fourth-order valence-corrected chi connectivity index (χ4v) is 2.55. The Morgan fingerprint density at radius 1 is 1.48 bits per heavy atom. The van der Waals surface area contributed by atoms with Crippen LogP contribution in [0.4, 0.5) is 5.82 Å². The third-order valence-electron chi connectivity index (χ3n) is 3.81. The molecule has 1 saturated carbocycles. The zero-order valence-corrected chi connectivity index (χ0v) is 12.1. The Morgan fingerprint density at radius 2 is 2.24 bits per heavy atom. The zero-order valence-electron chi connectivity index (χ0n) is 12.1. The molecule has 1 aromatic heterocycles. The molecule has 3 rings (SSSR count). The number of hydrogen-bond acceptors (Lipinski definition) is 3. The summed E-state index contributed by atoms with van der Waals surface area (Å²) in [6.07, 6.45) is 5.40. The topological polar surface area (TPSA) is 51.0 Å². The summed E-state index contributed by atoms with van der Waals surface area (Å²) in [6, 6.07) is 8.31. The number of nitrogens with zero attached hydrogens (tertiary/aromatic N) is 4. The molecular weight excluding hydrogens is 264 g/mol. The van der Waals surface area contributed by atoms with E-state index in [2.05, 4.69) is 35.1 Å². The lowest BCUT2D eigenvalue weighted by Gasteiger charge is -2.22. The van der Waals surface area contributed by atoms with Crippen molar-refractivity contribution in [1.82, 2.24) is 15.0 Å². The van der Waals surface area contributed by atoms with Gasteiger partial charge in [-0.3, -0.25) is 9.69 Å². The lowest BCUT2D eigenvalue weighted by atomic mass is 10.0. The highest BCUT2D eigenvalue weighted by molar-refractivity contribution is 6.00. The van der Waals surface area contributed by atoms with Gasteiger partial charge < -0.3 is 0 Å². The normalized spacial score (nSPS) is 14.0. The summed E-state index contributed by atoms with van der Waals surface area (Å²) in [5, 5.41) is 7.76. The third-order valence-corrected chi connectivity index (χ3v) is 3.81. The van der Waals surface area contributed by atoms with Crippen LogP contribution in [0.15, 0.2) is 43.1 Å². The fraction of sp³-hybridized carbons (Fsp3) is 0.312. The molecule has 1 aliphatic carbocycles. The summed E-state index contributed by atoms with van der Waals surface area (Å²) in [7, 11) is 1.78. The average molecular weight is 282 g/mol. The van der Waals surface area contributed by atoms with Crippen molar-refractivity contribution in [3.8, 4) is 0 Å². The molecule has 0 aliphatic heterocycles. The molecule has 5 nitrogen and oxygen atoms in total. The highest BCUT2D eigenvalue weighted by Crippen LogP contribution is 2.42. The molecule has 2 aromatic rings. The predicted octanol–water partition coefficient (Wildman–Crippen LogP) is 2.41. The first-order valence-electron chi connectivity index (χ1n) is 7.07. The van der Waals surface area contributed by atoms with Crippen LogP contribution >= 0.6 is 0 Å². The van der Waals surface area contributed by atoms with Gasteiger partial charge in [0.15, 0.2) is 5.82 Å². The van der Waals surface area contributed by atoms with Gasteiger partial charge in [-0.05, 0) is 36.0 Å². The van der Waals surface area contributed by atoms with E-state index in [1.54, 1.807) is 22.8 Å². The van der Waals surface area contributed by atoms with Gasteiger partial charge in [-0.15, -0.1) is 5.10 Å². The minimum atomic E-state index is -0.147. The number of hydrogen-bond donors (Lipinski definition) is 0. The van der Waals surface area contributed by atoms with Crippen molar-refractivity contribution in [1.29, 1.82) is 0 Å². The molecule has 1 amide bonds. The van der Waals surface area contributed by atoms with Crippen molar-refractivity contribution in [3.63, 3.8) is 0 Å². The van der Waals surface area contributed by atoms with Gasteiger partial charge in [0.2, 0.25) is 0 Å². The first kappa shape index (κ1) is 13.5. The molecule has 5 heteroatoms. The van der Waals surface area contributed by atoms with Crippen LogP contribution in [-0.4, -0.2) is 20.9 Å². The SMILES string of the molecule is C=CC(=O)N(Cc1ccccc1C1CC1)c1cnnn1C. The molecular formula is C16H18N4O. The Bertz CT molecular complexity index is 672. The Balaban J connectivity index is 1.94. The predicted molar refractivity (Wildman–Crippen MR) is 80.8 cm³/mol. The number of amides is 1. The van der Waals surface area contributed by atoms with E-state index in [0.717, 1.165) is 0 Å². The lowest BCUT2D eigenvalue weighted by molar-refractivity contribution is -0.114. The largest absolute Gasteiger partial charge is 0.288 e. The smallest absolute Gasteiger partial charge is 0.251 e. The van der Waals surface area contributed by atoms with Crippen LogP contribution in [0.5, 0.6) is 0 Å². The number of carbonyl (C=O) groups excluding carboxylic acids is 1. The molecule has 1 aliphatic rings. The van der Waals surface area contributed by atoms with Gasteiger partial charge in [0.05, 0.1) is 12.7 Å². The molecule has 1 heterocycles. The quantitative estimate of drug-likeness (QED) is 0.791. The second-order valence-electron chi connectivity index (χ2n) is 5.32. The minimum absolute atomic E-state index is 0.147. The molecule has 0 radical (unpaired) electrons. The summed E-state index contributed by atoms with van der Waals surface area (Å²) in [4.78, 5) is 13.9. The molecule has 0 atom stereocenters. The number of aromatic nitrogens is 3. The van der Waals surface area contributed by atoms with Crippen LogP contribution in [0, 0.1) is 0 Å². The molecule has 1 aromatic carbocycles. The van der Waals surface area contributed by atoms with Gasteiger partial charge in [0.1, 0.15) is 0 Å². The maximum Gasteiger partial charge on any atom is 0.251 e. The van der Waals surface area contributed by atoms with Crippen molar-refractivity contribution in [2.45, 2.75) is 25.3 Å². The van der Waals surface area contributed by atoms with E-state index in [1.165, 1.54) is 30.0 Å². The highest BCUT2D eigenvalue weighted by atomic mass is 16.2. The van der Waals surface area contributed by atoms with Crippen molar-refractivity contribution in [2.75, 3.05) is 4.90 Å². The van der Waals surface area contributed by atoms with E-state index >= 15 is 0 Å². The highest BCUT2D eigenvalue weighted by Gasteiger charge is 2.27. The van der Waals surface area contributed by atoms with Crippen LogP contribution in [-0.2, 0) is 18.4 Å². The van der Waals surface area contributed by atoms with E-state index < -0.39 is 0 Å². The molecule has 0 saturated heterocycles. The van der Waals surface area contributed by atoms with Gasteiger partial charge in [0.25, 0.3) is 5.91 Å². The maximum atomic E-state index is 12.2. The summed E-state index contributed by atoms with van der Waals surface area (Å²) >= 11 is 0. The lowest BCUT2D eigenvalue weighted by Crippen LogP contribution is -2.30. The standard InChI is InChI=1S/C16H18N4O/c1-3-16(21)20(15-10-17-18-19(15)2)11-13-6-4-5-7-14(13)12-8-9-12/h3-7,10,12H,1,8-9,11H2,2H3. The second kappa shape index (κ2) is 5.52. The Morgan fingerprint density at radius 3 is 2.86 bits per heavy atom. The van der Waals surface area contributed by atoms with Crippen molar-refractivity contribution < 1.29 is 4.79 Å². The number of benzene rings is 1. The van der Waals surface area contributed by atoms with Crippen LogP contribution < -0.4 is 4.90 Å². The van der Waals surface area contributed by atoms with Crippen LogP contribution in [0.3, 0.4) is 0 Å². The second-order valence-corrected chi connectivity index (χ2v) is 5.32. The Hall–Kier alpha value is -2.43. The van der Waals surface area contributed by atoms with Crippen LogP contribution in [0.2, 0.25) is 0 Å². The van der Waals surface area contributed by atoms with E-state index in [4.69, 9.17) is 0 Å². The van der Waals surface area contributed by atoms with Crippen LogP contribution in [0.1, 0.15) is 29.9 Å². The van der Waals surface area contributed by atoms with E-state index in [1.807, 2.05) is 6.07 Å². The van der Waals surface area contributed by atoms with E-state index in [9.17, 15) is 4.79 Å². The molecule has 0 spiro atoms. The van der Waals surface area contributed by atoms with E-state index in [-0.39, 0.29) is 5.91 Å². The van der Waals surface area contributed by atoms with Crippen molar-refractivity contribution in [2.24, 2.45) is 7.05 Å². The molecule has 0 unspecified atom stereocenters. The first-order valence-corrected chi connectivity index (χ1v) is 7.07. The molecule has 0 bridgehead atoms. The summed E-state index contributed by atoms with van der Waals surface area (Å²) < 4.78 is 1.60. The molecule has 1 fully saturated rings. The minimum Gasteiger partial charge on any atom is -0.288 e. The Labute approximate surface area is 123 Å². The molecule has 0 N–H and O–H groups in total. The monoisotopic (exact) mass is 282 g/mol. The number of carbonyl (C=O) groups is 1. The van der Waals surface area contributed by atoms with Crippen molar-refractivity contribution >= 4 is 11.7 Å². The number of rotatable bonds is 5. The first-order chi connectivity index (χ1) is 10.2. The summed E-state index contributed by atoms with van der Waals surface area (Å²) in [5.41, 5.74) is 2.52. The van der Waals surface area contributed by atoms with E-state index in [0.29, 0.717) is 18.3 Å². The average Bonchev–Trinajstić information content (AvgIpc) is 3.27. The summed E-state index contributed by atoms with van der Waals surface area (Å²) in [5.74, 6) is 1.17. The zero-order chi connectivity index (χ0) is 14.8. The van der Waals surface area contributed by atoms with Crippen LogP contribution in [0.25, 0.3) is 0 Å². The third kappa shape index (κ3) is 2.72. The van der Waals surface area contributed by atoms with Crippen molar-refractivity contribution in [3.05, 3.63) is 54.2 Å². The van der Waals surface area contributed by atoms with Gasteiger partial charge in [0, 0.05) is 7.05 Å². The van der Waals surface area contributed by atoms with Gasteiger partial charge >= 0.3 is 0 Å². The maximum absolute atomic E-state index is 12.2. The summed E-state index contributed by atoms with van der Waals surface area (Å²) in [6.45, 7) is 4.10. The molecule has 108 valence electrons. The van der Waals surface area contributed by atoms with Gasteiger partial charge in [-0.1, -0.05) is 36.1 Å². The van der Waals surface area contributed by atoms with Gasteiger partial charge in [-0.2, -0.15) is 0 Å². The number of aryl methyl sites for hydroxylation is 1. The Kier molecular flexibility index (Phi) is 3.56.